The summed E-state index contributed by atoms with van der Waals surface area (Å²) in [5.41, 5.74) is 6.00. The Hall–Kier alpha value is -2.18. The van der Waals surface area contributed by atoms with Gasteiger partial charge in [-0.1, -0.05) is 23.7 Å². The molecule has 2 aromatic rings. The first-order valence-electron chi connectivity index (χ1n) is 8.68. The first-order valence-corrected chi connectivity index (χ1v) is 10.0. The molecule has 0 aromatic heterocycles. The van der Waals surface area contributed by atoms with Crippen molar-refractivity contribution in [2.75, 3.05) is 12.4 Å². The van der Waals surface area contributed by atoms with Gasteiger partial charge in [-0.05, 0) is 61.7 Å². The van der Waals surface area contributed by atoms with Crippen LogP contribution in [0.3, 0.4) is 0 Å². The zero-order chi connectivity index (χ0) is 19.5. The van der Waals surface area contributed by atoms with Gasteiger partial charge >= 0.3 is 0 Å². The lowest BCUT2D eigenvalue weighted by molar-refractivity contribution is -0.127. The molecule has 2 rings (SSSR count). The van der Waals surface area contributed by atoms with Crippen molar-refractivity contribution in [3.63, 3.8) is 0 Å². The Morgan fingerprint density at radius 3 is 2.52 bits per heavy atom. The van der Waals surface area contributed by atoms with Gasteiger partial charge in [-0.3, -0.25) is 20.4 Å². The van der Waals surface area contributed by atoms with Gasteiger partial charge < -0.3 is 4.74 Å². The van der Waals surface area contributed by atoms with Crippen molar-refractivity contribution in [3.8, 4) is 5.75 Å². The molecule has 2 N–H and O–H groups in total. The van der Waals surface area contributed by atoms with Crippen LogP contribution in [0.4, 0.5) is 0 Å². The van der Waals surface area contributed by atoms with Crippen molar-refractivity contribution in [2.24, 2.45) is 0 Å². The summed E-state index contributed by atoms with van der Waals surface area (Å²) in [6.45, 7) is 2.57. The molecule has 0 fully saturated rings. The Balaban J connectivity index is 1.52. The van der Waals surface area contributed by atoms with Crippen molar-refractivity contribution >= 4 is 35.2 Å². The zero-order valence-corrected chi connectivity index (χ0v) is 16.7. The maximum atomic E-state index is 11.8. The van der Waals surface area contributed by atoms with Crippen LogP contribution in [0.15, 0.2) is 53.4 Å². The summed E-state index contributed by atoms with van der Waals surface area (Å²) in [4.78, 5) is 24.4. The molecule has 144 valence electrons. The number of amides is 2. The van der Waals surface area contributed by atoms with Crippen molar-refractivity contribution in [2.45, 2.75) is 31.1 Å². The molecule has 0 unspecified atom stereocenters. The monoisotopic (exact) mass is 406 g/mol. The topological polar surface area (TPSA) is 67.4 Å². The number of benzene rings is 2. The second kappa shape index (κ2) is 11.5. The second-order valence-electron chi connectivity index (χ2n) is 5.96. The van der Waals surface area contributed by atoms with Crippen LogP contribution < -0.4 is 15.6 Å². The van der Waals surface area contributed by atoms with Gasteiger partial charge in [0.25, 0.3) is 0 Å². The lowest BCUT2D eigenvalue weighted by atomic mass is 10.2. The van der Waals surface area contributed by atoms with E-state index >= 15 is 0 Å². The average Bonchev–Trinajstić information content (AvgIpc) is 2.65. The fourth-order valence-corrected chi connectivity index (χ4v) is 3.02. The molecule has 2 aromatic carbocycles. The van der Waals surface area contributed by atoms with E-state index < -0.39 is 0 Å². The van der Waals surface area contributed by atoms with E-state index in [1.807, 2.05) is 43.3 Å². The number of nitrogens with one attached hydrogen (secondary N) is 2. The minimum absolute atomic E-state index is 0.213. The second-order valence-corrected chi connectivity index (χ2v) is 7.45. The number of hydrazine groups is 1. The number of hydrogen-bond acceptors (Lipinski definition) is 4. The Morgan fingerprint density at radius 2 is 1.78 bits per heavy atom. The highest BCUT2D eigenvalue weighted by Crippen LogP contribution is 2.19. The first-order chi connectivity index (χ1) is 13.0. The molecule has 27 heavy (non-hydrogen) atoms. The Kier molecular flexibility index (Phi) is 9.01. The predicted octanol–water partition coefficient (Wildman–Crippen LogP) is 4.14. The summed E-state index contributed by atoms with van der Waals surface area (Å²) in [5.74, 6) is 0.582. The summed E-state index contributed by atoms with van der Waals surface area (Å²) in [6.07, 6.45) is 1.79. The first kappa shape index (κ1) is 21.1. The highest BCUT2D eigenvalue weighted by molar-refractivity contribution is 8.00. The van der Waals surface area contributed by atoms with Crippen molar-refractivity contribution in [3.05, 3.63) is 59.1 Å². The van der Waals surface area contributed by atoms with Gasteiger partial charge in [0.15, 0.2) is 0 Å². The van der Waals surface area contributed by atoms with E-state index in [0.29, 0.717) is 24.5 Å². The van der Waals surface area contributed by atoms with E-state index in [9.17, 15) is 9.59 Å². The number of halogens is 1. The minimum Gasteiger partial charge on any atom is -0.494 e. The molecule has 2 amide bonds. The Bertz CT molecular complexity index is 753. The zero-order valence-electron chi connectivity index (χ0n) is 15.2. The lowest BCUT2D eigenvalue weighted by Gasteiger charge is -2.08. The number of carbonyl (C=O) groups is 2. The van der Waals surface area contributed by atoms with Crippen LogP contribution in [0.5, 0.6) is 5.75 Å². The molecular formula is C20H23ClN2O3S. The van der Waals surface area contributed by atoms with Crippen LogP contribution in [0, 0.1) is 6.92 Å². The van der Waals surface area contributed by atoms with Crippen LogP contribution in [-0.2, 0) is 9.59 Å². The SMILES string of the molecule is Cc1cccc(OCCCCC(=O)NNC(=O)CSc2ccc(Cl)cc2)c1. The molecule has 7 heteroatoms. The third kappa shape index (κ3) is 8.84. The van der Waals surface area contributed by atoms with Crippen molar-refractivity contribution < 1.29 is 14.3 Å². The van der Waals surface area contributed by atoms with Gasteiger partial charge in [-0.2, -0.15) is 0 Å². The van der Waals surface area contributed by atoms with Crippen LogP contribution in [-0.4, -0.2) is 24.2 Å². The fourth-order valence-electron chi connectivity index (χ4n) is 2.20. The van der Waals surface area contributed by atoms with E-state index in [2.05, 4.69) is 10.9 Å². The van der Waals surface area contributed by atoms with Gasteiger partial charge in [0.05, 0.1) is 12.4 Å². The number of thioether (sulfide) groups is 1. The average molecular weight is 407 g/mol. The van der Waals surface area contributed by atoms with Crippen molar-refractivity contribution in [1.82, 2.24) is 10.9 Å². The third-order valence-corrected chi connectivity index (χ3v) is 4.85. The number of hydrogen-bond donors (Lipinski definition) is 2. The fraction of sp³-hybridized carbons (Fsp3) is 0.300. The molecule has 0 saturated heterocycles. The number of rotatable bonds is 9. The summed E-state index contributed by atoms with van der Waals surface area (Å²) >= 11 is 7.19. The molecule has 5 nitrogen and oxygen atoms in total. The van der Waals surface area contributed by atoms with Crippen LogP contribution in [0.2, 0.25) is 5.02 Å². The molecule has 0 atom stereocenters. The number of carbonyl (C=O) groups excluding carboxylic acids is 2. The Labute approximate surface area is 168 Å². The minimum atomic E-state index is -0.258. The normalized spacial score (nSPS) is 10.3. The van der Waals surface area contributed by atoms with Crippen LogP contribution >= 0.6 is 23.4 Å². The van der Waals surface area contributed by atoms with Gasteiger partial charge in [-0.15, -0.1) is 11.8 Å². The summed E-state index contributed by atoms with van der Waals surface area (Å²) < 4.78 is 5.64. The molecule has 0 saturated carbocycles. The standard InChI is InChI=1S/C20H23ClN2O3S/c1-15-5-4-6-17(13-15)26-12-3-2-7-19(24)22-23-20(25)14-27-18-10-8-16(21)9-11-18/h4-6,8-11,13H,2-3,7,12,14H2,1H3,(H,22,24)(H,23,25). The van der Waals surface area contributed by atoms with E-state index in [0.717, 1.165) is 22.6 Å². The Morgan fingerprint density at radius 1 is 1.04 bits per heavy atom. The molecule has 0 aliphatic rings. The predicted molar refractivity (Wildman–Crippen MR) is 109 cm³/mol. The highest BCUT2D eigenvalue weighted by Gasteiger charge is 2.06. The van der Waals surface area contributed by atoms with Gasteiger partial charge in [0.1, 0.15) is 5.75 Å². The number of aryl methyl sites for hydroxylation is 1. The molecule has 0 heterocycles. The third-order valence-electron chi connectivity index (χ3n) is 3.58. The highest BCUT2D eigenvalue weighted by atomic mass is 35.5. The molecule has 0 bridgehead atoms. The number of unbranched alkanes of at least 4 members (excludes halogenated alkanes) is 1. The maximum absolute atomic E-state index is 11.8. The molecule has 0 spiro atoms. The van der Waals surface area contributed by atoms with E-state index in [1.54, 1.807) is 12.1 Å². The summed E-state index contributed by atoms with van der Waals surface area (Å²) in [5, 5.41) is 0.653. The smallest absolute Gasteiger partial charge is 0.248 e. The number of ether oxygens (including phenoxy) is 1. The quantitative estimate of drug-likeness (QED) is 0.373. The van der Waals surface area contributed by atoms with Gasteiger partial charge in [0.2, 0.25) is 11.8 Å². The maximum Gasteiger partial charge on any atom is 0.248 e. The van der Waals surface area contributed by atoms with Gasteiger partial charge in [-0.25, -0.2) is 0 Å². The van der Waals surface area contributed by atoms with Crippen molar-refractivity contribution in [1.29, 1.82) is 0 Å². The summed E-state index contributed by atoms with van der Waals surface area (Å²) in [6, 6.07) is 15.1. The van der Waals surface area contributed by atoms with Crippen LogP contribution in [0.1, 0.15) is 24.8 Å². The molecule has 0 aliphatic carbocycles. The van der Waals surface area contributed by atoms with E-state index in [1.165, 1.54) is 11.8 Å². The molecular weight excluding hydrogens is 384 g/mol. The lowest BCUT2D eigenvalue weighted by Crippen LogP contribution is -2.42. The molecule has 0 aliphatic heterocycles. The largest absolute Gasteiger partial charge is 0.494 e. The van der Waals surface area contributed by atoms with Crippen LogP contribution in [0.25, 0.3) is 0 Å². The molecule has 0 radical (unpaired) electrons. The summed E-state index contributed by atoms with van der Waals surface area (Å²) in [7, 11) is 0. The van der Waals surface area contributed by atoms with E-state index in [-0.39, 0.29) is 17.6 Å². The van der Waals surface area contributed by atoms with Gasteiger partial charge in [0, 0.05) is 16.3 Å². The van der Waals surface area contributed by atoms with E-state index in [4.69, 9.17) is 16.3 Å².